The third-order valence-corrected chi connectivity index (χ3v) is 6.10. The van der Waals surface area contributed by atoms with Crippen LogP contribution in [0, 0.1) is 0 Å². The topological polar surface area (TPSA) is 114 Å². The van der Waals surface area contributed by atoms with Crippen LogP contribution < -0.4 is 19.5 Å². The lowest BCUT2D eigenvalue weighted by molar-refractivity contribution is -0.137. The number of thiocarbonyl (C=S) groups is 1. The molecule has 0 bridgehead atoms. The van der Waals surface area contributed by atoms with Crippen molar-refractivity contribution >= 4 is 57.8 Å². The lowest BCUT2D eigenvalue weighted by Crippen LogP contribution is -2.30. The number of hydrogen-bond acceptors (Lipinski definition) is 8. The number of carbonyl (C=O) groups excluding carboxylic acids is 2. The second-order valence-corrected chi connectivity index (χ2v) is 8.86. The standard InChI is InChI=1S/C24H24N2O7S2/c1-3-32-19-12-15(13-20-23(30)26(24(34)35-20)11-10-22(28)29)4-9-18(19)33-14-21(27)25-16-5-7-17(31-2)8-6-16/h4-9,12-13H,3,10-11,14H2,1-2H3,(H,25,27)(H,28,29)/b20-13-. The van der Waals surface area contributed by atoms with Gasteiger partial charge in [0.05, 0.1) is 25.0 Å². The highest BCUT2D eigenvalue weighted by Crippen LogP contribution is 2.35. The zero-order valence-corrected chi connectivity index (χ0v) is 20.7. The number of benzene rings is 2. The number of carboxylic acid groups (broad SMARTS) is 1. The quantitative estimate of drug-likeness (QED) is 0.340. The number of anilines is 1. The Bertz CT molecular complexity index is 1150. The molecule has 184 valence electrons. The van der Waals surface area contributed by atoms with Crippen LogP contribution in [0.2, 0.25) is 0 Å². The lowest BCUT2D eigenvalue weighted by atomic mass is 10.2. The number of ether oxygens (including phenoxy) is 3. The van der Waals surface area contributed by atoms with E-state index in [2.05, 4.69) is 5.32 Å². The first kappa shape index (κ1) is 26.0. The van der Waals surface area contributed by atoms with Gasteiger partial charge in [0.2, 0.25) is 0 Å². The molecule has 1 aliphatic rings. The second kappa shape index (κ2) is 12.2. The Morgan fingerprint density at radius 3 is 2.54 bits per heavy atom. The maximum absolute atomic E-state index is 12.6. The fourth-order valence-electron chi connectivity index (χ4n) is 3.07. The number of rotatable bonds is 11. The summed E-state index contributed by atoms with van der Waals surface area (Å²) < 4.78 is 16.7. The summed E-state index contributed by atoms with van der Waals surface area (Å²) >= 11 is 6.33. The molecule has 11 heteroatoms. The zero-order chi connectivity index (χ0) is 25.4. The Balaban J connectivity index is 1.67. The monoisotopic (exact) mass is 516 g/mol. The third-order valence-electron chi connectivity index (χ3n) is 4.72. The van der Waals surface area contributed by atoms with Crippen LogP contribution in [-0.4, -0.2) is 59.0 Å². The summed E-state index contributed by atoms with van der Waals surface area (Å²) in [7, 11) is 1.56. The highest BCUT2D eigenvalue weighted by Gasteiger charge is 2.32. The highest BCUT2D eigenvalue weighted by molar-refractivity contribution is 8.26. The van der Waals surface area contributed by atoms with Gasteiger partial charge in [-0.2, -0.15) is 0 Å². The van der Waals surface area contributed by atoms with Gasteiger partial charge >= 0.3 is 5.97 Å². The summed E-state index contributed by atoms with van der Waals surface area (Å²) in [6.45, 7) is 1.98. The van der Waals surface area contributed by atoms with Crippen molar-refractivity contribution in [3.05, 3.63) is 52.9 Å². The second-order valence-electron chi connectivity index (χ2n) is 7.18. The normalized spacial score (nSPS) is 14.2. The average molecular weight is 517 g/mol. The Hall–Kier alpha value is -3.57. The van der Waals surface area contributed by atoms with Crippen LogP contribution in [0.3, 0.4) is 0 Å². The predicted molar refractivity (Wildman–Crippen MR) is 137 cm³/mol. The van der Waals surface area contributed by atoms with Crippen molar-refractivity contribution in [2.24, 2.45) is 0 Å². The molecule has 0 unspecified atom stereocenters. The van der Waals surface area contributed by atoms with E-state index in [0.717, 1.165) is 11.8 Å². The van der Waals surface area contributed by atoms with Gasteiger partial charge in [-0.1, -0.05) is 30.0 Å². The predicted octanol–water partition coefficient (Wildman–Crippen LogP) is 3.79. The van der Waals surface area contributed by atoms with Gasteiger partial charge in [-0.25, -0.2) is 0 Å². The molecule has 1 fully saturated rings. The van der Waals surface area contributed by atoms with Gasteiger partial charge in [-0.3, -0.25) is 19.3 Å². The Labute approximate surface area is 212 Å². The molecule has 1 heterocycles. The number of carbonyl (C=O) groups is 3. The number of nitrogens with one attached hydrogen (secondary N) is 1. The summed E-state index contributed by atoms with van der Waals surface area (Å²) in [4.78, 5) is 37.4. The molecular formula is C24H24N2O7S2. The van der Waals surface area contributed by atoms with Crippen LogP contribution in [0.1, 0.15) is 18.9 Å². The number of hydrogen-bond donors (Lipinski definition) is 2. The summed E-state index contributed by atoms with van der Waals surface area (Å²) in [5.41, 5.74) is 1.28. The van der Waals surface area contributed by atoms with Crippen LogP contribution in [0.25, 0.3) is 6.08 Å². The molecule has 2 N–H and O–H groups in total. The third kappa shape index (κ3) is 7.20. The largest absolute Gasteiger partial charge is 0.497 e. The van der Waals surface area contributed by atoms with Crippen LogP contribution in [-0.2, 0) is 14.4 Å². The molecule has 2 aromatic rings. The van der Waals surface area contributed by atoms with Crippen LogP contribution in [0.15, 0.2) is 47.4 Å². The first-order valence-electron chi connectivity index (χ1n) is 10.6. The van der Waals surface area contributed by atoms with Gasteiger partial charge in [0.15, 0.2) is 18.1 Å². The Morgan fingerprint density at radius 1 is 1.14 bits per heavy atom. The van der Waals surface area contributed by atoms with Gasteiger partial charge in [-0.15, -0.1) is 0 Å². The summed E-state index contributed by atoms with van der Waals surface area (Å²) in [6.07, 6.45) is 1.47. The molecule has 0 atom stereocenters. The van der Waals surface area contributed by atoms with E-state index in [1.165, 1.54) is 4.90 Å². The molecule has 1 saturated heterocycles. The maximum atomic E-state index is 12.6. The van der Waals surface area contributed by atoms with Crippen LogP contribution in [0.4, 0.5) is 5.69 Å². The minimum absolute atomic E-state index is 0.0207. The molecular weight excluding hydrogens is 492 g/mol. The van der Waals surface area contributed by atoms with E-state index in [4.69, 9.17) is 31.5 Å². The van der Waals surface area contributed by atoms with Gasteiger partial charge in [0.25, 0.3) is 11.8 Å². The molecule has 1 aliphatic heterocycles. The van der Waals surface area contributed by atoms with E-state index >= 15 is 0 Å². The number of amides is 2. The molecule has 2 aromatic carbocycles. The van der Waals surface area contributed by atoms with E-state index in [1.807, 2.05) is 6.92 Å². The summed E-state index contributed by atoms with van der Waals surface area (Å²) in [5, 5.41) is 11.6. The number of thioether (sulfide) groups is 1. The number of carboxylic acids is 1. The molecule has 0 spiro atoms. The van der Waals surface area contributed by atoms with Crippen LogP contribution in [0.5, 0.6) is 17.2 Å². The van der Waals surface area contributed by atoms with Gasteiger partial charge in [0, 0.05) is 12.2 Å². The van der Waals surface area contributed by atoms with Crippen molar-refractivity contribution in [1.29, 1.82) is 0 Å². The van der Waals surface area contributed by atoms with Crippen molar-refractivity contribution in [2.45, 2.75) is 13.3 Å². The zero-order valence-electron chi connectivity index (χ0n) is 19.1. The van der Waals surface area contributed by atoms with E-state index in [9.17, 15) is 14.4 Å². The Kier molecular flexibility index (Phi) is 9.10. The van der Waals surface area contributed by atoms with Crippen molar-refractivity contribution in [3.8, 4) is 17.2 Å². The first-order chi connectivity index (χ1) is 16.8. The summed E-state index contributed by atoms with van der Waals surface area (Å²) in [5.74, 6) is -0.204. The fourth-order valence-corrected chi connectivity index (χ4v) is 4.38. The SMILES string of the molecule is CCOc1cc(/C=C2\SC(=S)N(CCC(=O)O)C2=O)ccc1OCC(=O)Nc1ccc(OC)cc1. The molecule has 0 radical (unpaired) electrons. The van der Waals surface area contributed by atoms with E-state index in [1.54, 1.807) is 55.7 Å². The van der Waals surface area contributed by atoms with Gasteiger partial charge in [-0.05, 0) is 55.0 Å². The molecule has 9 nitrogen and oxygen atoms in total. The van der Waals surface area contributed by atoms with E-state index in [-0.39, 0.29) is 31.4 Å². The molecule has 35 heavy (non-hydrogen) atoms. The van der Waals surface area contributed by atoms with E-state index in [0.29, 0.717) is 44.3 Å². The van der Waals surface area contributed by atoms with Crippen molar-refractivity contribution in [1.82, 2.24) is 4.90 Å². The van der Waals surface area contributed by atoms with Crippen molar-refractivity contribution < 1.29 is 33.7 Å². The first-order valence-corrected chi connectivity index (χ1v) is 11.8. The average Bonchev–Trinajstić information content (AvgIpc) is 3.09. The minimum Gasteiger partial charge on any atom is -0.497 e. The molecule has 0 saturated carbocycles. The molecule has 3 rings (SSSR count). The molecule has 2 amide bonds. The molecule has 0 aromatic heterocycles. The highest BCUT2D eigenvalue weighted by atomic mass is 32.2. The minimum atomic E-state index is -1.00. The smallest absolute Gasteiger partial charge is 0.305 e. The van der Waals surface area contributed by atoms with E-state index < -0.39 is 5.97 Å². The molecule has 0 aliphatic carbocycles. The fraction of sp³-hybridized carbons (Fsp3) is 0.250. The van der Waals surface area contributed by atoms with Gasteiger partial charge in [0.1, 0.15) is 10.1 Å². The number of aliphatic carboxylic acids is 1. The van der Waals surface area contributed by atoms with Crippen molar-refractivity contribution in [2.75, 3.05) is 32.2 Å². The van der Waals surface area contributed by atoms with Crippen LogP contribution >= 0.6 is 24.0 Å². The number of methoxy groups -OCH3 is 1. The van der Waals surface area contributed by atoms with Crippen molar-refractivity contribution in [3.63, 3.8) is 0 Å². The lowest BCUT2D eigenvalue weighted by Gasteiger charge is -2.13. The number of nitrogens with zero attached hydrogens (tertiary/aromatic N) is 1. The Morgan fingerprint density at radius 2 is 1.89 bits per heavy atom. The maximum Gasteiger partial charge on any atom is 0.305 e. The van der Waals surface area contributed by atoms with Gasteiger partial charge < -0.3 is 24.6 Å². The summed E-state index contributed by atoms with van der Waals surface area (Å²) in [6, 6.07) is 12.0.